The van der Waals surface area contributed by atoms with Gasteiger partial charge in [0.05, 0.1) is 0 Å². The van der Waals surface area contributed by atoms with Gasteiger partial charge in [-0.3, -0.25) is 0 Å². The van der Waals surface area contributed by atoms with Crippen molar-refractivity contribution >= 4 is 10.3 Å². The summed E-state index contributed by atoms with van der Waals surface area (Å²) in [5, 5.41) is 0. The summed E-state index contributed by atoms with van der Waals surface area (Å²) in [7, 11) is 11.0. The first-order valence-corrected chi connectivity index (χ1v) is 8.28. The predicted octanol–water partition coefficient (Wildman–Crippen LogP) is 0.949. The maximum atomic E-state index is 10.8. The van der Waals surface area contributed by atoms with Crippen LogP contribution >= 0.6 is 10.3 Å². The molecule has 17 heavy (non-hydrogen) atoms. The second kappa shape index (κ2) is 8.32. The lowest BCUT2D eigenvalue weighted by Gasteiger charge is -2.36. The molecular weight excluding hydrogens is 234 g/mol. The molecule has 0 aliphatic rings. The van der Waals surface area contributed by atoms with Crippen molar-refractivity contribution in [2.75, 3.05) is 79.2 Å². The summed E-state index contributed by atoms with van der Waals surface area (Å²) in [6.45, 7) is 2.94. The van der Waals surface area contributed by atoms with Crippen molar-refractivity contribution in [1.29, 1.82) is 0 Å². The van der Waals surface area contributed by atoms with Crippen molar-refractivity contribution in [2.24, 2.45) is 0 Å². The third kappa shape index (κ3) is 9.85. The highest BCUT2D eigenvalue weighted by atomic mass is 32.3. The van der Waals surface area contributed by atoms with Crippen molar-refractivity contribution in [3.8, 4) is 0 Å². The largest absolute Gasteiger partial charge is 0.351 e. The van der Waals surface area contributed by atoms with E-state index >= 15 is 0 Å². The van der Waals surface area contributed by atoms with Crippen molar-refractivity contribution in [3.63, 3.8) is 0 Å². The molecule has 0 rings (SSSR count). The molecule has 5 heteroatoms. The molecule has 0 aliphatic carbocycles. The first-order valence-electron chi connectivity index (χ1n) is 6.18. The Labute approximate surface area is 109 Å². The fourth-order valence-corrected chi connectivity index (χ4v) is 4.09. The summed E-state index contributed by atoms with van der Waals surface area (Å²) in [6, 6.07) is 0. The SMILES string of the molecule is CN(C)CCS(O)(CCN(C)C)CCN(C)C. The molecule has 0 atom stereocenters. The van der Waals surface area contributed by atoms with Crippen LogP contribution in [0.4, 0.5) is 0 Å². The minimum atomic E-state index is -1.45. The van der Waals surface area contributed by atoms with Gasteiger partial charge in [-0.1, -0.05) is 0 Å². The molecule has 0 heterocycles. The van der Waals surface area contributed by atoms with Gasteiger partial charge in [0.2, 0.25) is 0 Å². The van der Waals surface area contributed by atoms with Gasteiger partial charge in [0.25, 0.3) is 0 Å². The molecular formula is C12H31N3OS. The Morgan fingerprint density at radius 2 is 0.882 bits per heavy atom. The lowest BCUT2D eigenvalue weighted by Crippen LogP contribution is -2.30. The van der Waals surface area contributed by atoms with E-state index < -0.39 is 10.3 Å². The van der Waals surface area contributed by atoms with Crippen LogP contribution < -0.4 is 0 Å². The summed E-state index contributed by atoms with van der Waals surface area (Å²) in [6.07, 6.45) is 0. The van der Waals surface area contributed by atoms with Gasteiger partial charge in [0, 0.05) is 36.9 Å². The van der Waals surface area contributed by atoms with Crippen LogP contribution in [-0.2, 0) is 0 Å². The first kappa shape index (κ1) is 17.2. The van der Waals surface area contributed by atoms with Crippen LogP contribution in [0.15, 0.2) is 0 Å². The highest BCUT2D eigenvalue weighted by molar-refractivity contribution is 8.29. The van der Waals surface area contributed by atoms with Crippen LogP contribution in [0, 0.1) is 0 Å². The summed E-state index contributed by atoms with van der Waals surface area (Å²) >= 11 is 0. The molecule has 0 aliphatic heterocycles. The maximum Gasteiger partial charge on any atom is 0.0116 e. The summed E-state index contributed by atoms with van der Waals surface area (Å²) in [4.78, 5) is 6.47. The van der Waals surface area contributed by atoms with E-state index in [9.17, 15) is 4.55 Å². The van der Waals surface area contributed by atoms with Gasteiger partial charge >= 0.3 is 0 Å². The van der Waals surface area contributed by atoms with E-state index in [1.54, 1.807) is 0 Å². The van der Waals surface area contributed by atoms with Crippen LogP contribution in [0.1, 0.15) is 0 Å². The molecule has 1 N–H and O–H groups in total. The summed E-state index contributed by atoms with van der Waals surface area (Å²) < 4.78 is 10.8. The zero-order chi connectivity index (χ0) is 13.5. The van der Waals surface area contributed by atoms with Crippen LogP contribution in [0.25, 0.3) is 0 Å². The van der Waals surface area contributed by atoms with E-state index in [0.717, 1.165) is 36.9 Å². The Morgan fingerprint density at radius 1 is 0.647 bits per heavy atom. The number of nitrogens with zero attached hydrogens (tertiary/aromatic N) is 3. The zero-order valence-corrected chi connectivity index (χ0v) is 13.3. The minimum absolute atomic E-state index is 0.932. The Bertz CT molecular complexity index is 167. The molecule has 0 unspecified atom stereocenters. The quantitative estimate of drug-likeness (QED) is 0.672. The van der Waals surface area contributed by atoms with Gasteiger partial charge in [-0.05, 0) is 42.3 Å². The minimum Gasteiger partial charge on any atom is -0.351 e. The average Bonchev–Trinajstić information content (AvgIpc) is 2.21. The molecule has 0 fully saturated rings. The highest BCUT2D eigenvalue weighted by Gasteiger charge is 2.21. The molecule has 0 saturated carbocycles. The van der Waals surface area contributed by atoms with E-state index in [0.29, 0.717) is 0 Å². The van der Waals surface area contributed by atoms with E-state index in [1.807, 2.05) is 0 Å². The fraction of sp³-hybridized carbons (Fsp3) is 1.00. The Morgan fingerprint density at radius 3 is 1.06 bits per heavy atom. The van der Waals surface area contributed by atoms with Gasteiger partial charge in [-0.2, -0.15) is 0 Å². The molecule has 0 saturated heterocycles. The summed E-state index contributed by atoms with van der Waals surface area (Å²) in [5.74, 6) is 2.80. The van der Waals surface area contributed by atoms with E-state index in [2.05, 4.69) is 57.0 Å². The van der Waals surface area contributed by atoms with E-state index in [4.69, 9.17) is 0 Å². The van der Waals surface area contributed by atoms with Crippen LogP contribution in [0.5, 0.6) is 0 Å². The fourth-order valence-electron chi connectivity index (χ4n) is 1.36. The van der Waals surface area contributed by atoms with Gasteiger partial charge < -0.3 is 19.3 Å². The number of rotatable bonds is 9. The van der Waals surface area contributed by atoms with E-state index in [-0.39, 0.29) is 0 Å². The molecule has 0 aromatic heterocycles. The van der Waals surface area contributed by atoms with Gasteiger partial charge in [-0.25, -0.2) is 0 Å². The van der Waals surface area contributed by atoms with Gasteiger partial charge in [0.1, 0.15) is 0 Å². The first-order chi connectivity index (χ1) is 7.75. The lowest BCUT2D eigenvalue weighted by molar-refractivity contribution is 0.414. The second-order valence-electron chi connectivity index (χ2n) is 5.52. The topological polar surface area (TPSA) is 30.0 Å². The molecule has 0 spiro atoms. The van der Waals surface area contributed by atoms with Crippen molar-refractivity contribution < 1.29 is 4.55 Å². The Balaban J connectivity index is 4.23. The number of hydrogen-bond donors (Lipinski definition) is 1. The van der Waals surface area contributed by atoms with Crippen molar-refractivity contribution in [1.82, 2.24) is 14.7 Å². The Kier molecular flexibility index (Phi) is 8.41. The van der Waals surface area contributed by atoms with Crippen molar-refractivity contribution in [3.05, 3.63) is 0 Å². The molecule has 0 aromatic carbocycles. The van der Waals surface area contributed by atoms with Crippen LogP contribution in [-0.4, -0.2) is 98.4 Å². The maximum absolute atomic E-state index is 10.8. The monoisotopic (exact) mass is 265 g/mol. The van der Waals surface area contributed by atoms with Gasteiger partial charge in [-0.15, -0.1) is 10.3 Å². The third-order valence-electron chi connectivity index (χ3n) is 2.76. The highest BCUT2D eigenvalue weighted by Crippen LogP contribution is 2.42. The van der Waals surface area contributed by atoms with E-state index in [1.165, 1.54) is 0 Å². The molecule has 106 valence electrons. The smallest absolute Gasteiger partial charge is 0.0116 e. The van der Waals surface area contributed by atoms with Crippen LogP contribution in [0.3, 0.4) is 0 Å². The number of hydrogen-bond acceptors (Lipinski definition) is 4. The van der Waals surface area contributed by atoms with Crippen molar-refractivity contribution in [2.45, 2.75) is 0 Å². The zero-order valence-electron chi connectivity index (χ0n) is 12.4. The normalized spacial score (nSPS) is 14.0. The third-order valence-corrected chi connectivity index (χ3v) is 5.58. The average molecular weight is 265 g/mol. The molecule has 0 bridgehead atoms. The van der Waals surface area contributed by atoms with Gasteiger partial charge in [0.15, 0.2) is 0 Å². The van der Waals surface area contributed by atoms with Crippen LogP contribution in [0.2, 0.25) is 0 Å². The Hall–Kier alpha value is 0.190. The standard InChI is InChI=1S/C12H31N3OS/c1-13(2)7-10-17(16,11-8-14(3)4)12-9-15(5)6/h16H,7-12H2,1-6H3. The second-order valence-corrected chi connectivity index (χ2v) is 8.75. The molecule has 4 nitrogen and oxygen atoms in total. The summed E-state index contributed by atoms with van der Waals surface area (Å²) in [5.41, 5.74) is 0. The molecule has 0 amide bonds. The lowest BCUT2D eigenvalue weighted by atomic mass is 10.7. The predicted molar refractivity (Wildman–Crippen MR) is 80.5 cm³/mol. The molecule has 0 aromatic rings. The molecule has 0 radical (unpaired) electrons.